The molecule has 0 saturated carbocycles. The van der Waals surface area contributed by atoms with Gasteiger partial charge in [0.05, 0.1) is 0 Å². The fourth-order valence-electron chi connectivity index (χ4n) is 2.46. The molecule has 0 bridgehead atoms. The molecule has 0 radical (unpaired) electrons. The lowest BCUT2D eigenvalue weighted by molar-refractivity contribution is 0.145. The van der Waals surface area contributed by atoms with Gasteiger partial charge in [-0.25, -0.2) is 9.38 Å². The maximum absolute atomic E-state index is 13.3. The van der Waals surface area contributed by atoms with Gasteiger partial charge in [0.1, 0.15) is 18.2 Å². The molecule has 0 unspecified atom stereocenters. The minimum absolute atomic E-state index is 0. The number of benzene rings is 1. The van der Waals surface area contributed by atoms with Gasteiger partial charge in [-0.3, -0.25) is 0 Å². The molecule has 1 heterocycles. The standard InChI is InChI=1S/C19H29FN6O.HI/c1-4-27-12-6-10-21-19(23-14-18-25-24-15(2)26(18)3)22-11-9-16-7-5-8-17(20)13-16;/h5,7-8,13H,4,6,9-12,14H2,1-3H3,(H2,21,22,23);1H. The van der Waals surface area contributed by atoms with Crippen molar-refractivity contribution in [2.75, 3.05) is 26.3 Å². The molecule has 1 aromatic carbocycles. The molecule has 0 spiro atoms. The van der Waals surface area contributed by atoms with Gasteiger partial charge in [-0.2, -0.15) is 0 Å². The Morgan fingerprint density at radius 3 is 2.71 bits per heavy atom. The number of rotatable bonds is 10. The Morgan fingerprint density at radius 1 is 1.25 bits per heavy atom. The average molecular weight is 504 g/mol. The number of guanidine groups is 1. The van der Waals surface area contributed by atoms with E-state index >= 15 is 0 Å². The number of nitrogens with one attached hydrogen (secondary N) is 2. The number of aryl methyl sites for hydroxylation is 1. The van der Waals surface area contributed by atoms with Crippen molar-refractivity contribution < 1.29 is 9.13 Å². The molecule has 28 heavy (non-hydrogen) atoms. The topological polar surface area (TPSA) is 76.4 Å². The summed E-state index contributed by atoms with van der Waals surface area (Å²) in [7, 11) is 1.92. The van der Waals surface area contributed by atoms with Gasteiger partial charge in [0.25, 0.3) is 0 Å². The van der Waals surface area contributed by atoms with Crippen molar-refractivity contribution in [1.29, 1.82) is 0 Å². The van der Waals surface area contributed by atoms with Crippen LogP contribution in [0.25, 0.3) is 0 Å². The summed E-state index contributed by atoms with van der Waals surface area (Å²) in [5, 5.41) is 14.8. The van der Waals surface area contributed by atoms with Crippen LogP contribution >= 0.6 is 24.0 Å². The Bertz CT molecular complexity index is 737. The normalized spacial score (nSPS) is 11.2. The largest absolute Gasteiger partial charge is 0.382 e. The highest BCUT2D eigenvalue weighted by molar-refractivity contribution is 14.0. The molecular formula is C19H30FIN6O. The zero-order valence-electron chi connectivity index (χ0n) is 16.7. The first-order valence-corrected chi connectivity index (χ1v) is 9.29. The first-order chi connectivity index (χ1) is 13.1. The molecule has 7 nitrogen and oxygen atoms in total. The summed E-state index contributed by atoms with van der Waals surface area (Å²) in [6.45, 7) is 7.16. The Balaban J connectivity index is 0.00000392. The highest BCUT2D eigenvalue weighted by Gasteiger charge is 2.05. The minimum atomic E-state index is -0.215. The van der Waals surface area contributed by atoms with Gasteiger partial charge < -0.3 is 19.9 Å². The fraction of sp³-hybridized carbons (Fsp3) is 0.526. The van der Waals surface area contributed by atoms with Crippen molar-refractivity contribution in [2.24, 2.45) is 12.0 Å². The lowest BCUT2D eigenvalue weighted by Gasteiger charge is -2.13. The summed E-state index contributed by atoms with van der Waals surface area (Å²) in [5.74, 6) is 2.13. The molecule has 0 saturated heterocycles. The summed E-state index contributed by atoms with van der Waals surface area (Å²) in [6, 6.07) is 6.64. The molecule has 0 aliphatic carbocycles. The van der Waals surface area contributed by atoms with Gasteiger partial charge in [-0.05, 0) is 44.4 Å². The van der Waals surface area contributed by atoms with Crippen molar-refractivity contribution in [3.8, 4) is 0 Å². The van der Waals surface area contributed by atoms with E-state index < -0.39 is 0 Å². The van der Waals surface area contributed by atoms with Crippen molar-refractivity contribution >= 4 is 29.9 Å². The lowest BCUT2D eigenvalue weighted by Crippen LogP contribution is -2.39. The lowest BCUT2D eigenvalue weighted by atomic mass is 10.1. The van der Waals surface area contributed by atoms with Crippen LogP contribution in [0.1, 0.15) is 30.6 Å². The molecule has 2 rings (SSSR count). The number of hydrogen-bond acceptors (Lipinski definition) is 4. The van der Waals surface area contributed by atoms with E-state index in [1.807, 2.05) is 31.5 Å². The predicted octanol–water partition coefficient (Wildman–Crippen LogP) is 2.59. The van der Waals surface area contributed by atoms with Gasteiger partial charge in [-0.1, -0.05) is 12.1 Å². The SMILES string of the molecule is CCOCCCNC(=NCc1nnc(C)n1C)NCCc1cccc(F)c1.I. The van der Waals surface area contributed by atoms with E-state index in [0.717, 1.165) is 36.8 Å². The highest BCUT2D eigenvalue weighted by atomic mass is 127. The average Bonchev–Trinajstić information content (AvgIpc) is 2.97. The van der Waals surface area contributed by atoms with Crippen LogP contribution in [0.4, 0.5) is 4.39 Å². The van der Waals surface area contributed by atoms with Crippen LogP contribution < -0.4 is 10.6 Å². The number of aliphatic imine (C=N–C) groups is 1. The maximum Gasteiger partial charge on any atom is 0.191 e. The van der Waals surface area contributed by atoms with Gasteiger partial charge in [0, 0.05) is 33.4 Å². The molecule has 0 aliphatic rings. The van der Waals surface area contributed by atoms with Crippen molar-refractivity contribution in [3.05, 3.63) is 47.3 Å². The summed E-state index contributed by atoms with van der Waals surface area (Å²) in [6.07, 6.45) is 1.60. The van der Waals surface area contributed by atoms with Crippen LogP contribution in [0.5, 0.6) is 0 Å². The number of hydrogen-bond donors (Lipinski definition) is 2. The first kappa shape index (κ1) is 24.3. The van der Waals surface area contributed by atoms with Gasteiger partial charge in [-0.15, -0.1) is 34.2 Å². The Kier molecular flexibility index (Phi) is 11.7. The molecule has 9 heteroatoms. The molecule has 2 N–H and O–H groups in total. The van der Waals surface area contributed by atoms with Gasteiger partial charge >= 0.3 is 0 Å². The third-order valence-corrected chi connectivity index (χ3v) is 4.12. The van der Waals surface area contributed by atoms with E-state index in [2.05, 4.69) is 25.8 Å². The zero-order chi connectivity index (χ0) is 19.5. The van der Waals surface area contributed by atoms with Crippen molar-refractivity contribution in [1.82, 2.24) is 25.4 Å². The number of nitrogens with zero attached hydrogens (tertiary/aromatic N) is 4. The molecule has 1 aromatic heterocycles. The van der Waals surface area contributed by atoms with Gasteiger partial charge in [0.15, 0.2) is 11.8 Å². The van der Waals surface area contributed by atoms with E-state index in [1.165, 1.54) is 6.07 Å². The van der Waals surface area contributed by atoms with Crippen LogP contribution in [0.3, 0.4) is 0 Å². The van der Waals surface area contributed by atoms with E-state index in [4.69, 9.17) is 4.74 Å². The summed E-state index contributed by atoms with van der Waals surface area (Å²) in [5.41, 5.74) is 0.946. The van der Waals surface area contributed by atoms with Gasteiger partial charge in [0.2, 0.25) is 0 Å². The minimum Gasteiger partial charge on any atom is -0.382 e. The fourth-order valence-corrected chi connectivity index (χ4v) is 2.46. The van der Waals surface area contributed by atoms with Crippen molar-refractivity contribution in [2.45, 2.75) is 33.2 Å². The summed E-state index contributed by atoms with van der Waals surface area (Å²) >= 11 is 0. The van der Waals surface area contributed by atoms with E-state index in [0.29, 0.717) is 32.1 Å². The van der Waals surface area contributed by atoms with E-state index in [1.54, 1.807) is 12.1 Å². The molecule has 156 valence electrons. The van der Waals surface area contributed by atoms with Crippen LogP contribution in [-0.2, 0) is 24.8 Å². The highest BCUT2D eigenvalue weighted by Crippen LogP contribution is 2.03. The Morgan fingerprint density at radius 2 is 2.04 bits per heavy atom. The Labute approximate surface area is 183 Å². The molecule has 0 atom stereocenters. The quantitative estimate of drug-likeness (QED) is 0.225. The first-order valence-electron chi connectivity index (χ1n) is 9.29. The number of aromatic nitrogens is 3. The second-order valence-corrected chi connectivity index (χ2v) is 6.17. The Hall–Kier alpha value is -1.75. The maximum atomic E-state index is 13.3. The van der Waals surface area contributed by atoms with Crippen molar-refractivity contribution in [3.63, 3.8) is 0 Å². The number of ether oxygens (including phenoxy) is 1. The molecular weight excluding hydrogens is 474 g/mol. The number of halogens is 2. The monoisotopic (exact) mass is 504 g/mol. The van der Waals surface area contributed by atoms with Crippen LogP contribution in [0.2, 0.25) is 0 Å². The zero-order valence-corrected chi connectivity index (χ0v) is 19.1. The third kappa shape index (κ3) is 8.51. The molecule has 0 aliphatic heterocycles. The predicted molar refractivity (Wildman–Crippen MR) is 120 cm³/mol. The smallest absolute Gasteiger partial charge is 0.191 e. The third-order valence-electron chi connectivity index (χ3n) is 4.12. The summed E-state index contributed by atoms with van der Waals surface area (Å²) in [4.78, 5) is 4.59. The second-order valence-electron chi connectivity index (χ2n) is 6.17. The van der Waals surface area contributed by atoms with E-state index in [-0.39, 0.29) is 29.8 Å². The molecule has 0 amide bonds. The summed E-state index contributed by atoms with van der Waals surface area (Å²) < 4.78 is 20.6. The van der Waals surface area contributed by atoms with Crippen LogP contribution in [-0.4, -0.2) is 47.0 Å². The van der Waals surface area contributed by atoms with E-state index in [9.17, 15) is 4.39 Å². The second kappa shape index (κ2) is 13.4. The molecule has 0 fully saturated rings. The van der Waals surface area contributed by atoms with Crippen LogP contribution in [0, 0.1) is 12.7 Å². The van der Waals surface area contributed by atoms with Crippen LogP contribution in [0.15, 0.2) is 29.3 Å². The molecule has 2 aromatic rings.